The number of nitrogens with zero attached hydrogens (tertiary/aromatic N) is 3. The summed E-state index contributed by atoms with van der Waals surface area (Å²) in [5.74, 6) is 0.333. The molecule has 2 aromatic rings. The van der Waals surface area contributed by atoms with Crippen LogP contribution in [0.1, 0.15) is 43.4 Å². The Morgan fingerprint density at radius 1 is 1.17 bits per heavy atom. The maximum atomic E-state index is 13.9. The molecule has 2 aromatic carbocycles. The number of amides is 1. The first-order chi connectivity index (χ1) is 14.0. The standard InChI is InChI=1S/C23H25ClFN3O/c1-16-9-11-27(12-10-16)15-23(29)28-22(17-5-4-6-18(25)13-17)14-21(26-28)19-7-2-3-8-20(19)24/h2-8,13,16,22H,9-12,14-15H2,1H3/t22-/m0/s1. The molecule has 0 unspecified atom stereocenters. The van der Waals surface area contributed by atoms with Crippen LogP contribution in [-0.4, -0.2) is 41.2 Å². The highest BCUT2D eigenvalue weighted by molar-refractivity contribution is 6.34. The van der Waals surface area contributed by atoms with E-state index in [-0.39, 0.29) is 17.8 Å². The third-order valence-corrected chi connectivity index (χ3v) is 6.15. The maximum absolute atomic E-state index is 13.9. The highest BCUT2D eigenvalue weighted by Crippen LogP contribution is 2.34. The molecule has 0 aromatic heterocycles. The van der Waals surface area contributed by atoms with Crippen molar-refractivity contribution in [2.45, 2.75) is 32.2 Å². The van der Waals surface area contributed by atoms with Gasteiger partial charge in [-0.1, -0.05) is 48.9 Å². The molecular weight excluding hydrogens is 389 g/mol. The molecule has 1 atom stereocenters. The van der Waals surface area contributed by atoms with Crippen LogP contribution in [0.25, 0.3) is 0 Å². The lowest BCUT2D eigenvalue weighted by Gasteiger charge is -2.31. The van der Waals surface area contributed by atoms with Gasteiger partial charge in [-0.25, -0.2) is 9.40 Å². The quantitative estimate of drug-likeness (QED) is 0.715. The predicted octanol–water partition coefficient (Wildman–Crippen LogP) is 4.89. The molecule has 1 fully saturated rings. The Morgan fingerprint density at radius 3 is 2.66 bits per heavy atom. The summed E-state index contributed by atoms with van der Waals surface area (Å²) in [6, 6.07) is 13.6. The van der Waals surface area contributed by atoms with Crippen molar-refractivity contribution in [1.29, 1.82) is 0 Å². The van der Waals surface area contributed by atoms with Crippen LogP contribution in [0.3, 0.4) is 0 Å². The van der Waals surface area contributed by atoms with E-state index in [0.29, 0.717) is 23.9 Å². The number of hydrazone groups is 1. The number of halogens is 2. The molecule has 29 heavy (non-hydrogen) atoms. The first-order valence-corrected chi connectivity index (χ1v) is 10.5. The average molecular weight is 414 g/mol. The summed E-state index contributed by atoms with van der Waals surface area (Å²) >= 11 is 6.37. The second kappa shape index (κ2) is 8.64. The molecule has 2 aliphatic rings. The molecule has 152 valence electrons. The van der Waals surface area contributed by atoms with Gasteiger partial charge >= 0.3 is 0 Å². The van der Waals surface area contributed by atoms with Crippen molar-refractivity contribution in [3.05, 3.63) is 70.5 Å². The van der Waals surface area contributed by atoms with E-state index in [1.807, 2.05) is 30.3 Å². The summed E-state index contributed by atoms with van der Waals surface area (Å²) < 4.78 is 13.9. The Labute approximate surface area is 176 Å². The van der Waals surface area contributed by atoms with Gasteiger partial charge in [0.25, 0.3) is 5.91 Å². The molecule has 6 heteroatoms. The summed E-state index contributed by atoms with van der Waals surface area (Å²) in [6.07, 6.45) is 2.72. The molecule has 1 saturated heterocycles. The van der Waals surface area contributed by atoms with Crippen molar-refractivity contribution >= 4 is 23.2 Å². The lowest BCUT2D eigenvalue weighted by Crippen LogP contribution is -2.41. The minimum atomic E-state index is -0.326. The lowest BCUT2D eigenvalue weighted by atomic mass is 9.98. The van der Waals surface area contributed by atoms with Gasteiger partial charge in [-0.3, -0.25) is 9.69 Å². The molecule has 0 radical (unpaired) electrons. The van der Waals surface area contributed by atoms with Crippen LogP contribution in [0.5, 0.6) is 0 Å². The van der Waals surface area contributed by atoms with E-state index < -0.39 is 0 Å². The first kappa shape index (κ1) is 20.0. The minimum Gasteiger partial charge on any atom is -0.294 e. The minimum absolute atomic E-state index is 0.0594. The molecule has 2 heterocycles. The van der Waals surface area contributed by atoms with Crippen molar-refractivity contribution in [1.82, 2.24) is 9.91 Å². The molecule has 0 aliphatic carbocycles. The van der Waals surface area contributed by atoms with Crippen LogP contribution >= 0.6 is 11.6 Å². The van der Waals surface area contributed by atoms with Crippen LogP contribution in [0.2, 0.25) is 5.02 Å². The highest BCUT2D eigenvalue weighted by atomic mass is 35.5. The van der Waals surface area contributed by atoms with Crippen molar-refractivity contribution in [2.24, 2.45) is 11.0 Å². The Morgan fingerprint density at radius 2 is 1.93 bits per heavy atom. The number of hydrogen-bond donors (Lipinski definition) is 0. The number of carbonyl (C=O) groups is 1. The summed E-state index contributed by atoms with van der Waals surface area (Å²) in [6.45, 7) is 4.43. The summed E-state index contributed by atoms with van der Waals surface area (Å²) in [7, 11) is 0. The van der Waals surface area contributed by atoms with Crippen LogP contribution in [0, 0.1) is 11.7 Å². The van der Waals surface area contributed by atoms with Gasteiger partial charge < -0.3 is 0 Å². The maximum Gasteiger partial charge on any atom is 0.257 e. The van der Waals surface area contributed by atoms with E-state index in [0.717, 1.165) is 42.8 Å². The molecule has 0 N–H and O–H groups in total. The van der Waals surface area contributed by atoms with Crippen molar-refractivity contribution in [3.63, 3.8) is 0 Å². The van der Waals surface area contributed by atoms with Gasteiger partial charge in [0.05, 0.1) is 18.3 Å². The van der Waals surface area contributed by atoms with E-state index in [2.05, 4.69) is 16.9 Å². The van der Waals surface area contributed by atoms with E-state index in [4.69, 9.17) is 11.6 Å². The van der Waals surface area contributed by atoms with Gasteiger partial charge in [-0.15, -0.1) is 0 Å². The smallest absolute Gasteiger partial charge is 0.257 e. The molecule has 1 amide bonds. The second-order valence-corrected chi connectivity index (χ2v) is 8.41. The molecule has 0 spiro atoms. The third-order valence-electron chi connectivity index (χ3n) is 5.82. The Bertz CT molecular complexity index is 924. The van der Waals surface area contributed by atoms with E-state index in [1.54, 1.807) is 6.07 Å². The fourth-order valence-corrected chi connectivity index (χ4v) is 4.30. The normalized spacial score (nSPS) is 20.7. The predicted molar refractivity (Wildman–Crippen MR) is 113 cm³/mol. The summed E-state index contributed by atoms with van der Waals surface area (Å²) in [5, 5.41) is 6.79. The van der Waals surface area contributed by atoms with Gasteiger partial charge in [-0.2, -0.15) is 5.10 Å². The first-order valence-electron chi connectivity index (χ1n) is 10.1. The van der Waals surface area contributed by atoms with Gasteiger partial charge in [0.2, 0.25) is 0 Å². The van der Waals surface area contributed by atoms with Crippen LogP contribution < -0.4 is 0 Å². The lowest BCUT2D eigenvalue weighted by molar-refractivity contribution is -0.134. The van der Waals surface area contributed by atoms with Gasteiger partial charge in [-0.05, 0) is 55.6 Å². The fraction of sp³-hybridized carbons (Fsp3) is 0.391. The van der Waals surface area contributed by atoms with Gasteiger partial charge in [0.15, 0.2) is 0 Å². The summed E-state index contributed by atoms with van der Waals surface area (Å²) in [4.78, 5) is 15.4. The SMILES string of the molecule is CC1CCN(CC(=O)N2N=C(c3ccccc3Cl)C[C@H]2c2cccc(F)c2)CC1. The van der Waals surface area contributed by atoms with Crippen LogP contribution in [-0.2, 0) is 4.79 Å². The zero-order valence-corrected chi connectivity index (χ0v) is 17.3. The van der Waals surface area contributed by atoms with Crippen molar-refractivity contribution in [3.8, 4) is 0 Å². The van der Waals surface area contributed by atoms with E-state index in [1.165, 1.54) is 17.1 Å². The molecule has 2 aliphatic heterocycles. The number of rotatable bonds is 4. The van der Waals surface area contributed by atoms with Gasteiger partial charge in [0, 0.05) is 17.0 Å². The molecule has 0 saturated carbocycles. The Hall–Kier alpha value is -2.24. The van der Waals surface area contributed by atoms with E-state index in [9.17, 15) is 9.18 Å². The Balaban J connectivity index is 1.60. The van der Waals surface area contributed by atoms with Crippen molar-refractivity contribution < 1.29 is 9.18 Å². The number of likely N-dealkylation sites (tertiary alicyclic amines) is 1. The third kappa shape index (κ3) is 4.51. The summed E-state index contributed by atoms with van der Waals surface area (Å²) in [5.41, 5.74) is 2.32. The molecule has 4 nitrogen and oxygen atoms in total. The number of hydrogen-bond acceptors (Lipinski definition) is 3. The monoisotopic (exact) mass is 413 g/mol. The van der Waals surface area contributed by atoms with E-state index >= 15 is 0 Å². The number of piperidine rings is 1. The van der Waals surface area contributed by atoms with Crippen LogP contribution in [0.15, 0.2) is 53.6 Å². The van der Waals surface area contributed by atoms with Crippen molar-refractivity contribution in [2.75, 3.05) is 19.6 Å². The highest BCUT2D eigenvalue weighted by Gasteiger charge is 2.34. The molecule has 4 rings (SSSR count). The largest absolute Gasteiger partial charge is 0.294 e. The zero-order valence-electron chi connectivity index (χ0n) is 16.5. The Kier molecular flexibility index (Phi) is 5.97. The topological polar surface area (TPSA) is 35.9 Å². The molecule has 0 bridgehead atoms. The second-order valence-electron chi connectivity index (χ2n) is 8.00. The number of carbonyl (C=O) groups excluding carboxylic acids is 1. The zero-order chi connectivity index (χ0) is 20.4. The number of benzene rings is 2. The molecular formula is C23H25ClFN3O. The fourth-order valence-electron chi connectivity index (χ4n) is 4.06. The van der Waals surface area contributed by atoms with Crippen LogP contribution in [0.4, 0.5) is 4.39 Å². The van der Waals surface area contributed by atoms with Gasteiger partial charge in [0.1, 0.15) is 5.82 Å². The average Bonchev–Trinajstić information content (AvgIpc) is 3.15.